The number of aromatic nitrogens is 4. The van der Waals surface area contributed by atoms with Crippen LogP contribution in [0.15, 0.2) is 42.6 Å². The van der Waals surface area contributed by atoms with Crippen LogP contribution in [0.25, 0.3) is 11.2 Å². The van der Waals surface area contributed by atoms with Crippen molar-refractivity contribution in [2.45, 2.75) is 45.1 Å². The monoisotopic (exact) mass is 379 g/mol. The largest absolute Gasteiger partial charge is 0.384 e. The zero-order valence-corrected chi connectivity index (χ0v) is 16.5. The fourth-order valence-electron chi connectivity index (χ4n) is 3.65. The lowest BCUT2D eigenvalue weighted by Crippen LogP contribution is -2.36. The molecule has 1 aliphatic rings. The predicted molar refractivity (Wildman–Crippen MR) is 106 cm³/mol. The van der Waals surface area contributed by atoms with Gasteiger partial charge in [0.05, 0.1) is 6.04 Å². The zero-order valence-electron chi connectivity index (χ0n) is 16.5. The number of pyridine rings is 1. The molecule has 146 valence electrons. The van der Waals surface area contributed by atoms with Gasteiger partial charge in [-0.1, -0.05) is 49.9 Å². The molecule has 28 heavy (non-hydrogen) atoms. The van der Waals surface area contributed by atoms with Gasteiger partial charge in [-0.2, -0.15) is 0 Å². The Morgan fingerprint density at radius 2 is 2.00 bits per heavy atom. The van der Waals surface area contributed by atoms with Crippen molar-refractivity contribution in [3.05, 3.63) is 53.7 Å². The van der Waals surface area contributed by atoms with Crippen molar-refractivity contribution >= 4 is 17.1 Å². The molecule has 0 radical (unpaired) electrons. The van der Waals surface area contributed by atoms with Crippen molar-refractivity contribution in [1.82, 2.24) is 25.0 Å². The van der Waals surface area contributed by atoms with E-state index in [0.29, 0.717) is 11.2 Å². The van der Waals surface area contributed by atoms with Gasteiger partial charge in [-0.05, 0) is 46.7 Å². The molecule has 0 aliphatic carbocycles. The first-order valence-electron chi connectivity index (χ1n) is 9.63. The standard InChI is InChI=1S/C21H25N5O2/c1-21(2,3)16-10-8-15(9-11-16)18-7-5-13-25(18)19(27)14-28-26-20-17(23-24-26)6-4-12-22-20/h4,6,8-12,18H,5,7,13-14H2,1-3H3. The molecule has 1 aliphatic heterocycles. The molecule has 1 saturated heterocycles. The highest BCUT2D eigenvalue weighted by atomic mass is 16.7. The van der Waals surface area contributed by atoms with E-state index in [2.05, 4.69) is 60.3 Å². The van der Waals surface area contributed by atoms with E-state index in [0.717, 1.165) is 19.4 Å². The van der Waals surface area contributed by atoms with Gasteiger partial charge in [0.2, 0.25) is 5.65 Å². The summed E-state index contributed by atoms with van der Waals surface area (Å²) < 4.78 is 0. The summed E-state index contributed by atoms with van der Waals surface area (Å²) in [5, 5.41) is 7.90. The fourth-order valence-corrected chi connectivity index (χ4v) is 3.65. The molecule has 1 fully saturated rings. The number of nitrogens with zero attached hydrogens (tertiary/aromatic N) is 5. The van der Waals surface area contributed by atoms with Crippen LogP contribution in [-0.2, 0) is 10.2 Å². The van der Waals surface area contributed by atoms with Gasteiger partial charge in [0.1, 0.15) is 5.52 Å². The summed E-state index contributed by atoms with van der Waals surface area (Å²) in [7, 11) is 0. The lowest BCUT2D eigenvalue weighted by molar-refractivity contribution is -0.137. The highest BCUT2D eigenvalue weighted by molar-refractivity contribution is 5.78. The van der Waals surface area contributed by atoms with Gasteiger partial charge in [-0.3, -0.25) is 4.79 Å². The smallest absolute Gasteiger partial charge is 0.263 e. The van der Waals surface area contributed by atoms with E-state index in [9.17, 15) is 4.79 Å². The molecule has 3 aromatic rings. The first-order chi connectivity index (χ1) is 13.4. The maximum absolute atomic E-state index is 12.8. The second-order valence-corrected chi connectivity index (χ2v) is 8.20. The number of carbonyl (C=O) groups excluding carboxylic acids is 1. The summed E-state index contributed by atoms with van der Waals surface area (Å²) in [6.07, 6.45) is 3.60. The molecule has 0 spiro atoms. The minimum atomic E-state index is -0.0917. The summed E-state index contributed by atoms with van der Waals surface area (Å²) in [4.78, 5) is 25.7. The average Bonchev–Trinajstić information content (AvgIpc) is 3.33. The van der Waals surface area contributed by atoms with Gasteiger partial charge in [0.25, 0.3) is 5.91 Å². The second kappa shape index (κ2) is 7.22. The third kappa shape index (κ3) is 3.56. The SMILES string of the molecule is CC(C)(C)c1ccc(C2CCCN2C(=O)COn2nnc3cccnc32)cc1. The van der Waals surface area contributed by atoms with E-state index < -0.39 is 0 Å². The summed E-state index contributed by atoms with van der Waals surface area (Å²) in [6, 6.07) is 12.3. The fraction of sp³-hybridized carbons (Fsp3) is 0.429. The van der Waals surface area contributed by atoms with E-state index in [-0.39, 0.29) is 24.0 Å². The Labute approximate surface area is 164 Å². The maximum Gasteiger partial charge on any atom is 0.263 e. The molecule has 1 atom stereocenters. The summed E-state index contributed by atoms with van der Waals surface area (Å²) in [5.74, 6) is -0.0537. The van der Waals surface area contributed by atoms with E-state index in [1.807, 2.05) is 4.90 Å². The number of likely N-dealkylation sites (tertiary alicyclic amines) is 1. The Hall–Kier alpha value is -2.96. The zero-order chi connectivity index (χ0) is 19.7. The van der Waals surface area contributed by atoms with Gasteiger partial charge >= 0.3 is 0 Å². The summed E-state index contributed by atoms with van der Waals surface area (Å²) in [6.45, 7) is 7.25. The van der Waals surface area contributed by atoms with E-state index in [4.69, 9.17) is 4.84 Å². The first-order valence-corrected chi connectivity index (χ1v) is 9.63. The van der Waals surface area contributed by atoms with Crippen LogP contribution in [-0.4, -0.2) is 44.1 Å². The molecule has 1 aromatic carbocycles. The van der Waals surface area contributed by atoms with Crippen molar-refractivity contribution in [2.75, 3.05) is 13.2 Å². The average molecular weight is 379 g/mol. The molecule has 4 rings (SSSR count). The van der Waals surface area contributed by atoms with Crippen molar-refractivity contribution in [3.63, 3.8) is 0 Å². The summed E-state index contributed by atoms with van der Waals surface area (Å²) in [5.41, 5.74) is 3.72. The Kier molecular flexibility index (Phi) is 4.75. The number of amides is 1. The second-order valence-electron chi connectivity index (χ2n) is 8.20. The van der Waals surface area contributed by atoms with Crippen LogP contribution in [0.3, 0.4) is 0 Å². The van der Waals surface area contributed by atoms with E-state index >= 15 is 0 Å². The van der Waals surface area contributed by atoms with Crippen LogP contribution in [0.4, 0.5) is 0 Å². The van der Waals surface area contributed by atoms with Crippen molar-refractivity contribution < 1.29 is 9.63 Å². The predicted octanol–water partition coefficient (Wildman–Crippen LogP) is 2.92. The van der Waals surface area contributed by atoms with Gasteiger partial charge < -0.3 is 9.74 Å². The van der Waals surface area contributed by atoms with Crippen molar-refractivity contribution in [2.24, 2.45) is 0 Å². The minimum absolute atomic E-state index is 0.0537. The van der Waals surface area contributed by atoms with Crippen molar-refractivity contribution in [1.29, 1.82) is 0 Å². The molecule has 0 N–H and O–H groups in total. The topological polar surface area (TPSA) is 73.1 Å². The van der Waals surface area contributed by atoms with Crippen molar-refractivity contribution in [3.8, 4) is 0 Å². The Morgan fingerprint density at radius 1 is 1.21 bits per heavy atom. The molecule has 2 aromatic heterocycles. The van der Waals surface area contributed by atoms with Crippen LogP contribution < -0.4 is 4.84 Å². The maximum atomic E-state index is 12.8. The number of rotatable bonds is 4. The molecule has 0 saturated carbocycles. The van der Waals surface area contributed by atoms with Gasteiger partial charge in [-0.15, -0.1) is 5.10 Å². The van der Waals surface area contributed by atoms with Crippen LogP contribution >= 0.6 is 0 Å². The number of carbonyl (C=O) groups is 1. The first kappa shape index (κ1) is 18.4. The Bertz CT molecular complexity index is 974. The Morgan fingerprint density at radius 3 is 2.75 bits per heavy atom. The highest BCUT2D eigenvalue weighted by Gasteiger charge is 2.30. The van der Waals surface area contributed by atoms with Crippen LogP contribution in [0.1, 0.15) is 50.8 Å². The number of fused-ring (bicyclic) bond motifs is 1. The molecule has 3 heterocycles. The molecule has 1 amide bonds. The van der Waals surface area contributed by atoms with Crippen LogP contribution in [0, 0.1) is 0 Å². The molecule has 7 heteroatoms. The lowest BCUT2D eigenvalue weighted by Gasteiger charge is -2.26. The molecule has 0 bridgehead atoms. The number of hydrogen-bond acceptors (Lipinski definition) is 5. The molecular weight excluding hydrogens is 354 g/mol. The van der Waals surface area contributed by atoms with Gasteiger partial charge in [-0.25, -0.2) is 4.98 Å². The van der Waals surface area contributed by atoms with Crippen LogP contribution in [0.2, 0.25) is 0 Å². The van der Waals surface area contributed by atoms with Crippen LogP contribution in [0.5, 0.6) is 0 Å². The third-order valence-corrected chi connectivity index (χ3v) is 5.23. The summed E-state index contributed by atoms with van der Waals surface area (Å²) >= 11 is 0. The number of benzene rings is 1. The van der Waals surface area contributed by atoms with Gasteiger partial charge in [0.15, 0.2) is 6.61 Å². The highest BCUT2D eigenvalue weighted by Crippen LogP contribution is 2.33. The minimum Gasteiger partial charge on any atom is -0.384 e. The normalized spacial score (nSPS) is 17.2. The van der Waals surface area contributed by atoms with E-state index in [1.165, 1.54) is 16.0 Å². The quantitative estimate of drug-likeness (QED) is 0.697. The third-order valence-electron chi connectivity index (χ3n) is 5.23. The number of hydrogen-bond donors (Lipinski definition) is 0. The molecule has 1 unspecified atom stereocenters. The Balaban J connectivity index is 1.45. The lowest BCUT2D eigenvalue weighted by atomic mass is 9.86. The van der Waals surface area contributed by atoms with Gasteiger partial charge in [0, 0.05) is 12.7 Å². The molecular formula is C21H25N5O2. The molecule has 7 nitrogen and oxygen atoms in total. The van der Waals surface area contributed by atoms with E-state index in [1.54, 1.807) is 18.3 Å².